The van der Waals surface area contributed by atoms with Crippen molar-refractivity contribution in [2.24, 2.45) is 56.7 Å². The van der Waals surface area contributed by atoms with E-state index in [1.165, 1.54) is 5.57 Å². The number of allylic oxidation sites excluding steroid dienone is 1. The molecule has 2 bridgehead atoms. The molecule has 5 fully saturated rings. The zero-order chi connectivity index (χ0) is 38.3. The number of carbonyl (C=O) groups is 1. The molecule has 0 aromatic carbocycles. The molecule has 2 aliphatic heterocycles. The Labute approximate surface area is 321 Å². The highest BCUT2D eigenvalue weighted by Gasteiger charge is 2.73. The summed E-state index contributed by atoms with van der Waals surface area (Å²) in [6.45, 7) is 19.6. The van der Waals surface area contributed by atoms with Crippen LogP contribution in [0.5, 0.6) is 0 Å². The lowest BCUT2D eigenvalue weighted by atomic mass is 9.34. The van der Waals surface area contributed by atoms with Crippen LogP contribution in [0.2, 0.25) is 0 Å². The van der Waals surface area contributed by atoms with E-state index in [9.17, 15) is 9.90 Å². The summed E-state index contributed by atoms with van der Waals surface area (Å²) in [5, 5.41) is 19.9. The maximum atomic E-state index is 13.7. The molecule has 2 N–H and O–H groups in total. The monoisotopic (exact) mass is 744 g/mol. The Kier molecular flexibility index (Phi) is 9.50. The first-order valence-electron chi connectivity index (χ1n) is 20.7. The topological polar surface area (TPSA) is 134 Å². The van der Waals surface area contributed by atoms with Gasteiger partial charge in [-0.1, -0.05) is 60.1 Å². The SMILES string of the molecule is CNC1(CO[C@H]2[C@H](n3ncnc3-c3ccncn3)C[C@]3(C)COC[C@@]24C2=CC[C@@]5(C)[C@H](C(=O)O)[C@@](C)([C@H](C)C(C)C)CC[C@]5(C)[C@H]2CC[C@H]34)CCOCC1. The van der Waals surface area contributed by atoms with Crippen molar-refractivity contribution in [2.75, 3.05) is 40.1 Å². The molecule has 296 valence electrons. The van der Waals surface area contributed by atoms with Gasteiger partial charge in [0.15, 0.2) is 5.82 Å². The minimum atomic E-state index is -0.633. The van der Waals surface area contributed by atoms with Crippen LogP contribution < -0.4 is 5.32 Å². The van der Waals surface area contributed by atoms with Crippen molar-refractivity contribution < 1.29 is 24.1 Å². The van der Waals surface area contributed by atoms with Gasteiger partial charge in [0.05, 0.1) is 37.9 Å². The van der Waals surface area contributed by atoms with Crippen molar-refractivity contribution in [1.82, 2.24) is 30.0 Å². The van der Waals surface area contributed by atoms with Crippen molar-refractivity contribution in [2.45, 2.75) is 118 Å². The van der Waals surface area contributed by atoms with Gasteiger partial charge >= 0.3 is 5.97 Å². The molecule has 6 aliphatic rings. The van der Waals surface area contributed by atoms with Gasteiger partial charge in [-0.25, -0.2) is 19.6 Å². The molecule has 3 saturated carbocycles. The highest BCUT2D eigenvalue weighted by Crippen LogP contribution is 2.75. The van der Waals surface area contributed by atoms with Crippen molar-refractivity contribution >= 4 is 5.97 Å². The number of nitrogens with one attached hydrogen (secondary N) is 1. The van der Waals surface area contributed by atoms with Gasteiger partial charge in [0, 0.05) is 30.4 Å². The van der Waals surface area contributed by atoms with Gasteiger partial charge < -0.3 is 24.6 Å². The van der Waals surface area contributed by atoms with Crippen LogP contribution in [0.15, 0.2) is 36.6 Å². The molecule has 11 atom stereocenters. The first kappa shape index (κ1) is 38.2. The highest BCUT2D eigenvalue weighted by molar-refractivity contribution is 5.73. The zero-order valence-electron chi connectivity index (χ0n) is 33.9. The molecule has 2 aromatic rings. The predicted molar refractivity (Wildman–Crippen MR) is 205 cm³/mol. The Bertz CT molecular complexity index is 1740. The number of fused-ring (bicyclic) bond motifs is 3. The number of rotatable bonds is 9. The maximum Gasteiger partial charge on any atom is 0.307 e. The van der Waals surface area contributed by atoms with Gasteiger partial charge in [0.2, 0.25) is 0 Å². The third-order valence-corrected chi connectivity index (χ3v) is 17.2. The Morgan fingerprint density at radius 2 is 1.80 bits per heavy atom. The van der Waals surface area contributed by atoms with Crippen LogP contribution in [0.1, 0.15) is 106 Å². The molecule has 2 aromatic heterocycles. The number of aromatic nitrogens is 5. The summed E-state index contributed by atoms with van der Waals surface area (Å²) in [6, 6.07) is 1.78. The standard InChI is InChI=1S/C43H64N6O5/c1-27(2)28(3)39(5)14-15-40(6)29-9-10-33-38(4)21-32(49-36(47-26-48-49)31-12-18-45-25-46-31)35(54-23-42(44-8)16-19-52-20-17-42)43(33,24-53-22-38)30(29)11-13-41(40,7)34(39)37(50)51/h11-12,18,25-29,32-35,44H,9-10,13-17,19-24H2,1-8H3,(H,50,51)/t28-,29+,32-,33-,34-,35+,38-,39-,40-,41+,43+/m1/s1. The Hall–Kier alpha value is -2.73. The fourth-order valence-electron chi connectivity index (χ4n) is 13.7. The maximum absolute atomic E-state index is 13.7. The first-order valence-corrected chi connectivity index (χ1v) is 20.7. The van der Waals surface area contributed by atoms with E-state index in [2.05, 4.69) is 81.6 Å². The number of nitrogens with zero attached hydrogens (tertiary/aromatic N) is 5. The molecule has 0 amide bonds. The van der Waals surface area contributed by atoms with E-state index in [0.29, 0.717) is 50.8 Å². The van der Waals surface area contributed by atoms with E-state index in [0.717, 1.165) is 62.9 Å². The van der Waals surface area contributed by atoms with Crippen molar-refractivity contribution in [3.63, 3.8) is 0 Å². The van der Waals surface area contributed by atoms with Gasteiger partial charge in [-0.2, -0.15) is 5.10 Å². The molecule has 0 spiro atoms. The average Bonchev–Trinajstić information content (AvgIpc) is 3.65. The Morgan fingerprint density at radius 3 is 2.48 bits per heavy atom. The van der Waals surface area contributed by atoms with E-state index >= 15 is 0 Å². The van der Waals surface area contributed by atoms with Crippen LogP contribution in [0.4, 0.5) is 0 Å². The summed E-state index contributed by atoms with van der Waals surface area (Å²) in [6.07, 6.45) is 14.7. The Morgan fingerprint density at radius 1 is 1.02 bits per heavy atom. The third-order valence-electron chi connectivity index (χ3n) is 17.2. The summed E-state index contributed by atoms with van der Waals surface area (Å²) in [4.78, 5) is 27.3. The molecule has 8 rings (SSSR count). The fourth-order valence-corrected chi connectivity index (χ4v) is 13.7. The molecule has 4 aliphatic carbocycles. The second kappa shape index (κ2) is 13.4. The largest absolute Gasteiger partial charge is 0.481 e. The van der Waals surface area contributed by atoms with E-state index in [-0.39, 0.29) is 39.8 Å². The summed E-state index contributed by atoms with van der Waals surface area (Å²) >= 11 is 0. The number of hydrogen-bond acceptors (Lipinski definition) is 9. The number of likely N-dealkylation sites (N-methyl/N-ethyl adjacent to an activating group) is 1. The number of ether oxygens (including phenoxy) is 3. The molecule has 11 heteroatoms. The molecule has 2 saturated heterocycles. The van der Waals surface area contributed by atoms with Crippen LogP contribution in [0.25, 0.3) is 11.5 Å². The van der Waals surface area contributed by atoms with Gasteiger partial charge in [-0.3, -0.25) is 4.79 Å². The molecule has 4 heterocycles. The summed E-state index contributed by atoms with van der Waals surface area (Å²) in [7, 11) is 2.05. The van der Waals surface area contributed by atoms with Gasteiger partial charge in [-0.15, -0.1) is 0 Å². The Balaban J connectivity index is 1.28. The van der Waals surface area contributed by atoms with Crippen LogP contribution in [0.3, 0.4) is 0 Å². The summed E-state index contributed by atoms with van der Waals surface area (Å²) in [5.74, 6) is 0.926. The highest BCUT2D eigenvalue weighted by atomic mass is 16.5. The summed E-state index contributed by atoms with van der Waals surface area (Å²) < 4.78 is 22.3. The fraction of sp³-hybridized carbons (Fsp3) is 0.791. The van der Waals surface area contributed by atoms with Crippen LogP contribution in [-0.4, -0.2) is 87.5 Å². The molecular formula is C43H64N6O5. The van der Waals surface area contributed by atoms with E-state index in [1.807, 2.05) is 6.07 Å². The zero-order valence-corrected chi connectivity index (χ0v) is 33.9. The van der Waals surface area contributed by atoms with Gasteiger partial charge in [0.1, 0.15) is 18.3 Å². The number of aliphatic carboxylic acids is 1. The third kappa shape index (κ3) is 5.37. The lowest BCUT2D eigenvalue weighted by molar-refractivity contribution is -0.255. The smallest absolute Gasteiger partial charge is 0.307 e. The summed E-state index contributed by atoms with van der Waals surface area (Å²) in [5.41, 5.74) is 0.573. The van der Waals surface area contributed by atoms with E-state index < -0.39 is 22.7 Å². The lowest BCUT2D eigenvalue weighted by Gasteiger charge is -2.71. The van der Waals surface area contributed by atoms with Crippen LogP contribution >= 0.6 is 0 Å². The van der Waals surface area contributed by atoms with Crippen molar-refractivity contribution in [1.29, 1.82) is 0 Å². The molecule has 0 radical (unpaired) electrons. The number of carboxylic acids is 1. The van der Waals surface area contributed by atoms with Gasteiger partial charge in [0.25, 0.3) is 0 Å². The molecule has 0 unspecified atom stereocenters. The second-order valence-electron chi connectivity index (χ2n) is 19.6. The van der Waals surface area contributed by atoms with E-state index in [4.69, 9.17) is 24.3 Å². The predicted octanol–water partition coefficient (Wildman–Crippen LogP) is 7.02. The average molecular weight is 745 g/mol. The first-order chi connectivity index (χ1) is 25.7. The van der Waals surface area contributed by atoms with Crippen molar-refractivity contribution in [3.05, 3.63) is 36.6 Å². The van der Waals surface area contributed by atoms with Crippen molar-refractivity contribution in [3.8, 4) is 11.5 Å². The molecule has 11 nitrogen and oxygen atoms in total. The van der Waals surface area contributed by atoms with Crippen LogP contribution in [-0.2, 0) is 19.0 Å². The van der Waals surface area contributed by atoms with E-state index in [1.54, 1.807) is 18.9 Å². The second-order valence-corrected chi connectivity index (χ2v) is 19.6. The molecule has 54 heavy (non-hydrogen) atoms. The minimum Gasteiger partial charge on any atom is -0.481 e. The molecular weight excluding hydrogens is 681 g/mol. The number of carboxylic acid groups (broad SMARTS) is 1. The number of hydrogen-bond donors (Lipinski definition) is 2. The lowest BCUT2D eigenvalue weighted by Crippen LogP contribution is -2.70. The minimum absolute atomic E-state index is 0.119. The van der Waals surface area contributed by atoms with Gasteiger partial charge in [-0.05, 0) is 110 Å². The van der Waals surface area contributed by atoms with Crippen LogP contribution in [0, 0.1) is 56.7 Å². The quantitative estimate of drug-likeness (QED) is 0.258. The normalized spacial score (nSPS) is 41.9.